The molecule has 3 atom stereocenters. The highest BCUT2D eigenvalue weighted by Gasteiger charge is 2.33. The maximum Gasteiger partial charge on any atom is 0.257 e. The van der Waals surface area contributed by atoms with Gasteiger partial charge in [0.15, 0.2) is 29.6 Å². The van der Waals surface area contributed by atoms with Gasteiger partial charge in [-0.2, -0.15) is 4.68 Å². The van der Waals surface area contributed by atoms with Crippen LogP contribution >= 0.6 is 11.8 Å². The van der Waals surface area contributed by atoms with E-state index in [9.17, 15) is 37.0 Å². The molecule has 0 spiro atoms. The first-order chi connectivity index (χ1) is 26.6. The second-order valence-electron chi connectivity index (χ2n) is 12.5. The van der Waals surface area contributed by atoms with Gasteiger partial charge < -0.3 is 25.0 Å². The van der Waals surface area contributed by atoms with Crippen molar-refractivity contribution in [2.75, 3.05) is 5.75 Å². The molecule has 10 nitrogen and oxygen atoms in total. The second-order valence-corrected chi connectivity index (χ2v) is 13.5. The lowest BCUT2D eigenvalue weighted by Gasteiger charge is -2.36. The van der Waals surface area contributed by atoms with Crippen LogP contribution in [0.25, 0.3) is 16.8 Å². The van der Waals surface area contributed by atoms with Crippen molar-refractivity contribution in [1.29, 1.82) is 0 Å². The van der Waals surface area contributed by atoms with Gasteiger partial charge >= 0.3 is 0 Å². The molecule has 5 aromatic carbocycles. The van der Waals surface area contributed by atoms with Crippen LogP contribution in [0.3, 0.4) is 0 Å². The van der Waals surface area contributed by atoms with E-state index in [0.29, 0.717) is 39.7 Å². The molecular weight excluding hydrogens is 746 g/mol. The Bertz CT molecular complexity index is 2300. The molecule has 1 fully saturated rings. The molecule has 0 bridgehead atoms. The summed E-state index contributed by atoms with van der Waals surface area (Å²) in [5.74, 6) is -12.1. The summed E-state index contributed by atoms with van der Waals surface area (Å²) in [6, 6.07) is 28.2. The van der Waals surface area contributed by atoms with E-state index in [1.54, 1.807) is 53.2 Å². The van der Waals surface area contributed by atoms with Crippen molar-refractivity contribution >= 4 is 17.7 Å². The fourth-order valence-corrected chi connectivity index (χ4v) is 6.92. The number of carbonyl (C=O) groups is 1. The van der Waals surface area contributed by atoms with Crippen molar-refractivity contribution in [2.24, 2.45) is 0 Å². The van der Waals surface area contributed by atoms with Crippen LogP contribution in [0.15, 0.2) is 102 Å². The molecule has 1 aliphatic heterocycles. The lowest BCUT2D eigenvalue weighted by Crippen LogP contribution is -2.31. The fraction of sp³-hybridized carbons (Fsp3) is 0.179. The number of ether oxygens (including phenoxy) is 2. The van der Waals surface area contributed by atoms with Crippen LogP contribution in [-0.2, 0) is 22.6 Å². The van der Waals surface area contributed by atoms with E-state index in [-0.39, 0.29) is 31.1 Å². The summed E-state index contributed by atoms with van der Waals surface area (Å²) in [4.78, 5) is 12.5. The van der Waals surface area contributed by atoms with E-state index in [2.05, 4.69) is 20.8 Å². The molecule has 282 valence electrons. The molecule has 1 aromatic heterocycles. The Morgan fingerprint density at radius 3 is 2.18 bits per heavy atom. The number of aliphatic hydroxyl groups excluding tert-OH is 1. The third kappa shape index (κ3) is 8.22. The van der Waals surface area contributed by atoms with Crippen LogP contribution in [0.1, 0.15) is 51.4 Å². The molecule has 0 aliphatic carbocycles. The number of carbonyl (C=O) groups excluding carboxylic acids is 1. The van der Waals surface area contributed by atoms with Crippen molar-refractivity contribution < 1.29 is 46.4 Å². The summed E-state index contributed by atoms with van der Waals surface area (Å²) in [5, 5.41) is 34.1. The molecule has 1 amide bonds. The van der Waals surface area contributed by atoms with Crippen molar-refractivity contribution in [1.82, 2.24) is 25.5 Å². The predicted octanol–water partition coefficient (Wildman–Crippen LogP) is 7.49. The first-order valence-corrected chi connectivity index (χ1v) is 17.8. The Morgan fingerprint density at radius 2 is 1.47 bits per heavy atom. The molecule has 2 heterocycles. The van der Waals surface area contributed by atoms with E-state index in [1.807, 2.05) is 48.5 Å². The number of aliphatic hydroxyl groups is 1. The molecule has 0 unspecified atom stereocenters. The SMILES string of the molecule is O=C(NCc1cccc(-c2cccc([C@H]3O[C@@H](CSc4nnnn4-c4ccc(O)cc4)C[C@@H](c4ccc(CO)cc4)O3)c2)c1)c1c(F)c(F)c(F)c(F)c1F. The standard InChI is InChI=1S/C39H30F5N5O5S/c40-32-31(33(41)35(43)36(44)34(32)42)37(52)45-18-22-3-1-4-24(15-22)25-5-2-6-26(16-25)38-53-29(17-30(54-38)23-9-7-21(19-50)8-10-23)20-55-39-46-47-48-49(39)27-11-13-28(51)14-12-27/h1-16,29-30,38,50-51H,17-20H2,(H,45,52)/t29-,30+,38+/m1/s1. The van der Waals surface area contributed by atoms with Gasteiger partial charge in [0.2, 0.25) is 11.0 Å². The number of nitrogens with one attached hydrogen (secondary N) is 1. The number of tetrazole rings is 1. The van der Waals surface area contributed by atoms with Gasteiger partial charge in [-0.25, -0.2) is 22.0 Å². The molecule has 0 saturated carbocycles. The van der Waals surface area contributed by atoms with Crippen molar-refractivity contribution in [3.05, 3.63) is 154 Å². The Balaban J connectivity index is 1.10. The van der Waals surface area contributed by atoms with Crippen molar-refractivity contribution in [3.8, 4) is 22.6 Å². The number of phenolic OH excluding ortho intramolecular Hbond substituents is 1. The zero-order valence-electron chi connectivity index (χ0n) is 28.5. The normalized spacial score (nSPS) is 16.9. The zero-order chi connectivity index (χ0) is 38.6. The summed E-state index contributed by atoms with van der Waals surface area (Å²) >= 11 is 1.40. The summed E-state index contributed by atoms with van der Waals surface area (Å²) in [6.07, 6.45) is -1.01. The Hall–Kier alpha value is -5.68. The Kier molecular flexibility index (Phi) is 11.2. The second kappa shape index (κ2) is 16.4. The predicted molar refractivity (Wildman–Crippen MR) is 189 cm³/mol. The minimum absolute atomic E-state index is 0.0990. The average Bonchev–Trinajstić information content (AvgIpc) is 3.70. The monoisotopic (exact) mass is 775 g/mol. The van der Waals surface area contributed by atoms with E-state index in [4.69, 9.17) is 9.47 Å². The number of hydrogen-bond acceptors (Lipinski definition) is 9. The zero-order valence-corrected chi connectivity index (χ0v) is 29.3. The van der Waals surface area contributed by atoms with Gasteiger partial charge in [0.25, 0.3) is 5.91 Å². The number of rotatable bonds is 11. The number of phenols is 1. The van der Waals surface area contributed by atoms with Crippen LogP contribution in [-0.4, -0.2) is 48.2 Å². The maximum atomic E-state index is 14.2. The topological polar surface area (TPSA) is 132 Å². The van der Waals surface area contributed by atoms with Gasteiger partial charge in [-0.05, 0) is 74.6 Å². The highest BCUT2D eigenvalue weighted by atomic mass is 32.2. The highest BCUT2D eigenvalue weighted by molar-refractivity contribution is 7.99. The molecule has 6 aromatic rings. The Morgan fingerprint density at radius 1 is 0.800 bits per heavy atom. The summed E-state index contributed by atoms with van der Waals surface area (Å²) in [7, 11) is 0. The van der Waals surface area contributed by atoms with Crippen LogP contribution < -0.4 is 5.32 Å². The fourth-order valence-electron chi connectivity index (χ4n) is 6.02. The van der Waals surface area contributed by atoms with E-state index >= 15 is 0 Å². The first kappa shape index (κ1) is 37.6. The molecule has 1 aliphatic rings. The van der Waals surface area contributed by atoms with Gasteiger partial charge in [0.05, 0.1) is 24.5 Å². The number of hydrogen-bond donors (Lipinski definition) is 3. The van der Waals surface area contributed by atoms with E-state index in [0.717, 1.165) is 16.7 Å². The van der Waals surface area contributed by atoms with E-state index < -0.39 is 46.8 Å². The molecule has 16 heteroatoms. The molecule has 0 radical (unpaired) electrons. The lowest BCUT2D eigenvalue weighted by atomic mass is 9.99. The molecule has 3 N–H and O–H groups in total. The Labute approximate surface area is 314 Å². The largest absolute Gasteiger partial charge is 0.508 e. The lowest BCUT2D eigenvalue weighted by molar-refractivity contribution is -0.245. The summed E-state index contributed by atoms with van der Waals surface area (Å²) < 4.78 is 83.9. The van der Waals surface area contributed by atoms with Gasteiger partial charge in [0.1, 0.15) is 11.3 Å². The van der Waals surface area contributed by atoms with Gasteiger partial charge in [-0.15, -0.1) is 5.10 Å². The van der Waals surface area contributed by atoms with E-state index in [1.165, 1.54) is 11.8 Å². The molecular formula is C39H30F5N5O5S. The smallest absolute Gasteiger partial charge is 0.257 e. The van der Waals surface area contributed by atoms with Crippen LogP contribution in [0.2, 0.25) is 0 Å². The summed E-state index contributed by atoms with van der Waals surface area (Å²) in [5.41, 5.74) is 3.38. The number of aromatic nitrogens is 4. The minimum atomic E-state index is -2.35. The van der Waals surface area contributed by atoms with Crippen LogP contribution in [0.4, 0.5) is 22.0 Å². The molecule has 1 saturated heterocycles. The number of thioether (sulfide) groups is 1. The molecule has 7 rings (SSSR count). The van der Waals surface area contributed by atoms with Crippen LogP contribution in [0.5, 0.6) is 5.75 Å². The van der Waals surface area contributed by atoms with Gasteiger partial charge in [-0.3, -0.25) is 4.79 Å². The number of aromatic hydroxyl groups is 1. The van der Waals surface area contributed by atoms with Crippen molar-refractivity contribution in [3.63, 3.8) is 0 Å². The quantitative estimate of drug-likeness (QED) is 0.0531. The highest BCUT2D eigenvalue weighted by Crippen LogP contribution is 2.40. The molecule has 55 heavy (non-hydrogen) atoms. The number of benzene rings is 5. The third-order valence-electron chi connectivity index (χ3n) is 8.86. The van der Waals surface area contributed by atoms with Gasteiger partial charge in [-0.1, -0.05) is 72.4 Å². The summed E-state index contributed by atoms with van der Waals surface area (Å²) in [6.45, 7) is -0.370. The number of halogens is 5. The average molecular weight is 776 g/mol. The van der Waals surface area contributed by atoms with Gasteiger partial charge in [0, 0.05) is 24.3 Å². The third-order valence-corrected chi connectivity index (χ3v) is 9.91. The number of amides is 1. The van der Waals surface area contributed by atoms with Crippen LogP contribution in [0, 0.1) is 29.1 Å². The number of nitrogens with zero attached hydrogens (tertiary/aromatic N) is 4. The maximum absolute atomic E-state index is 14.2. The first-order valence-electron chi connectivity index (χ1n) is 16.8. The van der Waals surface area contributed by atoms with Crippen molar-refractivity contribution in [2.45, 2.75) is 43.2 Å². The minimum Gasteiger partial charge on any atom is -0.508 e.